The van der Waals surface area contributed by atoms with Crippen molar-refractivity contribution in [1.29, 1.82) is 0 Å². The molecule has 5 rings (SSSR count). The van der Waals surface area contributed by atoms with Crippen LogP contribution in [0.15, 0.2) is 72.8 Å². The lowest BCUT2D eigenvalue weighted by atomic mass is 9.70. The number of ether oxygens (including phenoxy) is 1. The van der Waals surface area contributed by atoms with Gasteiger partial charge in [-0.05, 0) is 59.2 Å². The third kappa shape index (κ3) is 5.89. The van der Waals surface area contributed by atoms with Crippen LogP contribution in [0, 0.1) is 5.41 Å². The molecule has 0 bridgehead atoms. The van der Waals surface area contributed by atoms with Crippen LogP contribution in [0.1, 0.15) is 57.2 Å². The molecule has 2 amide bonds. The van der Waals surface area contributed by atoms with E-state index >= 15 is 0 Å². The zero-order valence-electron chi connectivity index (χ0n) is 25.6. The topological polar surface area (TPSA) is 99.2 Å². The van der Waals surface area contributed by atoms with E-state index in [-0.39, 0.29) is 24.9 Å². The molecular formula is C35H41N3O5. The van der Waals surface area contributed by atoms with E-state index in [1.54, 1.807) is 25.7 Å². The van der Waals surface area contributed by atoms with E-state index in [1.165, 1.54) is 0 Å². The van der Waals surface area contributed by atoms with Gasteiger partial charge in [-0.1, -0.05) is 81.4 Å². The molecule has 0 radical (unpaired) electrons. The highest BCUT2D eigenvalue weighted by Crippen LogP contribution is 2.44. The van der Waals surface area contributed by atoms with Gasteiger partial charge in [0, 0.05) is 37.2 Å². The summed E-state index contributed by atoms with van der Waals surface area (Å²) in [6, 6.07) is 23.8. The number of nitrogens with one attached hydrogen (secondary N) is 1. The van der Waals surface area contributed by atoms with Gasteiger partial charge in [-0.3, -0.25) is 9.69 Å². The molecular weight excluding hydrogens is 542 g/mol. The molecule has 1 unspecified atom stereocenters. The van der Waals surface area contributed by atoms with Crippen molar-refractivity contribution in [2.45, 2.75) is 58.5 Å². The van der Waals surface area contributed by atoms with Gasteiger partial charge < -0.3 is 20.1 Å². The Balaban J connectivity index is 1.31. The predicted octanol–water partition coefficient (Wildman–Crippen LogP) is 5.69. The number of carboxylic acid groups (broad SMARTS) is 1. The van der Waals surface area contributed by atoms with Gasteiger partial charge in [0.2, 0.25) is 5.91 Å². The maximum atomic E-state index is 13.3. The van der Waals surface area contributed by atoms with Crippen molar-refractivity contribution in [2.24, 2.45) is 5.41 Å². The molecule has 1 aliphatic heterocycles. The maximum Gasteiger partial charge on any atom is 0.408 e. The first-order chi connectivity index (χ1) is 20.4. The lowest BCUT2D eigenvalue weighted by molar-refractivity contribution is -0.149. The van der Waals surface area contributed by atoms with Gasteiger partial charge >= 0.3 is 12.1 Å². The Morgan fingerprint density at radius 2 is 1.51 bits per heavy atom. The predicted molar refractivity (Wildman–Crippen MR) is 167 cm³/mol. The zero-order chi connectivity index (χ0) is 30.9. The number of anilines is 1. The fourth-order valence-corrected chi connectivity index (χ4v) is 6.26. The standard InChI is InChI=1S/C35H41N3O5/c1-23(2)37-18-19-38(31(39)21-37)25-16-14-24(15-17-25)20-35(32(40)41,34(3,4)5)36-33(42)43-22-30-28-12-8-6-10-26(28)27-11-7-9-13-29(27)30/h6-17,23,30H,18-22H2,1-5H3,(H,36,42)(H,40,41). The molecule has 0 spiro atoms. The Kier molecular flexibility index (Phi) is 8.34. The first-order valence-electron chi connectivity index (χ1n) is 14.9. The highest BCUT2D eigenvalue weighted by Gasteiger charge is 2.50. The number of benzene rings is 3. The first kappa shape index (κ1) is 30.3. The highest BCUT2D eigenvalue weighted by atomic mass is 16.5. The van der Waals surface area contributed by atoms with E-state index in [0.717, 1.165) is 40.0 Å². The summed E-state index contributed by atoms with van der Waals surface area (Å²) in [5, 5.41) is 13.3. The molecule has 1 saturated heterocycles. The molecule has 2 N–H and O–H groups in total. The van der Waals surface area contributed by atoms with Crippen LogP contribution in [0.25, 0.3) is 11.1 Å². The second-order valence-electron chi connectivity index (χ2n) is 12.9. The van der Waals surface area contributed by atoms with Crippen molar-refractivity contribution >= 4 is 23.7 Å². The normalized spacial score (nSPS) is 16.9. The Hall–Kier alpha value is -4.17. The van der Waals surface area contributed by atoms with E-state index in [4.69, 9.17) is 4.74 Å². The van der Waals surface area contributed by atoms with Gasteiger partial charge in [-0.15, -0.1) is 0 Å². The van der Waals surface area contributed by atoms with E-state index in [1.807, 2.05) is 60.7 Å². The molecule has 1 heterocycles. The average Bonchev–Trinajstić information content (AvgIpc) is 3.29. The summed E-state index contributed by atoms with van der Waals surface area (Å²) in [6.07, 6.45) is -0.727. The lowest BCUT2D eigenvalue weighted by Crippen LogP contribution is -2.64. The molecule has 3 aromatic carbocycles. The third-order valence-electron chi connectivity index (χ3n) is 9.00. The van der Waals surface area contributed by atoms with Crippen LogP contribution in [0.2, 0.25) is 0 Å². The van der Waals surface area contributed by atoms with Gasteiger partial charge in [0.1, 0.15) is 12.1 Å². The Morgan fingerprint density at radius 1 is 0.930 bits per heavy atom. The van der Waals surface area contributed by atoms with Crippen LogP contribution in [0.3, 0.4) is 0 Å². The van der Waals surface area contributed by atoms with Crippen molar-refractivity contribution < 1.29 is 24.2 Å². The molecule has 8 nitrogen and oxygen atoms in total. The molecule has 0 saturated carbocycles. The van der Waals surface area contributed by atoms with E-state index in [2.05, 4.69) is 36.2 Å². The van der Waals surface area contributed by atoms with Gasteiger partial charge in [0.15, 0.2) is 0 Å². The van der Waals surface area contributed by atoms with Gasteiger partial charge in [0.05, 0.1) is 6.54 Å². The molecule has 8 heteroatoms. The monoisotopic (exact) mass is 583 g/mol. The molecule has 2 aliphatic rings. The van der Waals surface area contributed by atoms with Crippen molar-refractivity contribution in [1.82, 2.24) is 10.2 Å². The minimum Gasteiger partial charge on any atom is -0.479 e. The summed E-state index contributed by atoms with van der Waals surface area (Å²) in [6.45, 7) is 11.4. The highest BCUT2D eigenvalue weighted by molar-refractivity contribution is 5.95. The van der Waals surface area contributed by atoms with Crippen LogP contribution in [0.5, 0.6) is 0 Å². The van der Waals surface area contributed by atoms with E-state index in [0.29, 0.717) is 19.1 Å². The SMILES string of the molecule is CC(C)N1CCN(c2ccc(CC(NC(=O)OCC3c4ccccc4-c4ccccc43)(C(=O)O)C(C)(C)C)cc2)C(=O)C1. The molecule has 3 aromatic rings. The van der Waals surface area contributed by atoms with Crippen molar-refractivity contribution in [2.75, 3.05) is 31.1 Å². The molecule has 1 aliphatic carbocycles. The van der Waals surface area contributed by atoms with Crippen LogP contribution in [-0.4, -0.2) is 65.8 Å². The second-order valence-corrected chi connectivity index (χ2v) is 12.9. The number of nitrogens with zero attached hydrogens (tertiary/aromatic N) is 2. The fraction of sp³-hybridized carbons (Fsp3) is 0.400. The first-order valence-corrected chi connectivity index (χ1v) is 14.9. The maximum absolute atomic E-state index is 13.3. The van der Waals surface area contributed by atoms with E-state index < -0.39 is 23.0 Å². The number of carboxylic acids is 1. The van der Waals surface area contributed by atoms with Crippen molar-refractivity contribution in [3.63, 3.8) is 0 Å². The number of carbonyl (C=O) groups is 3. The number of hydrogen-bond donors (Lipinski definition) is 2. The molecule has 1 atom stereocenters. The number of hydrogen-bond acceptors (Lipinski definition) is 5. The fourth-order valence-electron chi connectivity index (χ4n) is 6.26. The Labute approximate surface area is 253 Å². The summed E-state index contributed by atoms with van der Waals surface area (Å²) >= 11 is 0. The van der Waals surface area contributed by atoms with Crippen LogP contribution in [-0.2, 0) is 20.7 Å². The van der Waals surface area contributed by atoms with Crippen molar-refractivity contribution in [3.05, 3.63) is 89.5 Å². The van der Waals surface area contributed by atoms with Gasteiger partial charge in [-0.2, -0.15) is 0 Å². The second kappa shape index (κ2) is 11.8. The minimum atomic E-state index is -1.64. The number of piperazine rings is 1. The summed E-state index contributed by atoms with van der Waals surface area (Å²) in [4.78, 5) is 42.9. The van der Waals surface area contributed by atoms with Gasteiger partial charge in [-0.25, -0.2) is 9.59 Å². The number of carbonyl (C=O) groups excluding carboxylic acids is 2. The van der Waals surface area contributed by atoms with Crippen molar-refractivity contribution in [3.8, 4) is 11.1 Å². The summed E-state index contributed by atoms with van der Waals surface area (Å²) in [5.41, 5.74) is 3.41. The van der Waals surface area contributed by atoms with Gasteiger partial charge in [0.25, 0.3) is 0 Å². The molecule has 1 fully saturated rings. The molecule has 226 valence electrons. The van der Waals surface area contributed by atoms with E-state index in [9.17, 15) is 19.5 Å². The average molecular weight is 584 g/mol. The molecule has 43 heavy (non-hydrogen) atoms. The zero-order valence-corrected chi connectivity index (χ0v) is 25.6. The Bertz CT molecular complexity index is 1460. The molecule has 0 aromatic heterocycles. The smallest absolute Gasteiger partial charge is 0.408 e. The number of amides is 2. The summed E-state index contributed by atoms with van der Waals surface area (Å²) in [5.74, 6) is -1.23. The number of alkyl carbamates (subject to hydrolysis) is 1. The summed E-state index contributed by atoms with van der Waals surface area (Å²) < 4.78 is 5.75. The quantitative estimate of drug-likeness (QED) is 0.353. The number of aliphatic carboxylic acids is 1. The Morgan fingerprint density at radius 3 is 2.02 bits per heavy atom. The minimum absolute atomic E-state index is 0.0409. The lowest BCUT2D eigenvalue weighted by Gasteiger charge is -2.41. The number of rotatable bonds is 8. The van der Waals surface area contributed by atoms with Crippen LogP contribution < -0.4 is 10.2 Å². The van der Waals surface area contributed by atoms with Crippen LogP contribution in [0.4, 0.5) is 10.5 Å². The largest absolute Gasteiger partial charge is 0.479 e. The third-order valence-corrected chi connectivity index (χ3v) is 9.00. The number of fused-ring (bicyclic) bond motifs is 3. The summed E-state index contributed by atoms with van der Waals surface area (Å²) in [7, 11) is 0. The van der Waals surface area contributed by atoms with Crippen LogP contribution >= 0.6 is 0 Å².